The number of carbonyl (C=O) groups is 1. The number of halogens is 1. The van der Waals surface area contributed by atoms with Crippen LogP contribution in [-0.2, 0) is 11.2 Å². The summed E-state index contributed by atoms with van der Waals surface area (Å²) in [5.74, 6) is 0.659. The summed E-state index contributed by atoms with van der Waals surface area (Å²) >= 11 is 0. The minimum atomic E-state index is -0.206. The van der Waals surface area contributed by atoms with Gasteiger partial charge in [-0.3, -0.25) is 4.79 Å². The first-order valence-electron chi connectivity index (χ1n) is 7.96. The van der Waals surface area contributed by atoms with E-state index in [0.717, 1.165) is 43.6 Å². The maximum absolute atomic E-state index is 12.8. The van der Waals surface area contributed by atoms with Crippen molar-refractivity contribution in [3.63, 3.8) is 0 Å². The van der Waals surface area contributed by atoms with Crippen molar-refractivity contribution in [2.45, 2.75) is 32.1 Å². The van der Waals surface area contributed by atoms with E-state index in [-0.39, 0.29) is 30.3 Å². The standard InChI is InChI=1S/C17H24N2O2.ClH/c20-10-8-13-4-6-15(7-5-13)19-16(21)17-9-2-1-3-14(17)11-18-12-17;/h4-7,14,18,20H,1-3,8-12H2,(H,19,21);1H/t14-,17+;/m0./s1. The largest absolute Gasteiger partial charge is 0.396 e. The summed E-state index contributed by atoms with van der Waals surface area (Å²) in [7, 11) is 0. The third kappa shape index (κ3) is 3.29. The van der Waals surface area contributed by atoms with E-state index in [4.69, 9.17) is 5.11 Å². The number of aliphatic hydroxyl groups is 1. The van der Waals surface area contributed by atoms with Crippen LogP contribution in [0.3, 0.4) is 0 Å². The maximum atomic E-state index is 12.8. The molecule has 122 valence electrons. The Hall–Kier alpha value is -1.10. The number of rotatable bonds is 4. The summed E-state index contributed by atoms with van der Waals surface area (Å²) < 4.78 is 0. The molecule has 3 rings (SSSR count). The molecule has 2 atom stereocenters. The fourth-order valence-corrected chi connectivity index (χ4v) is 3.83. The molecule has 1 heterocycles. The normalized spacial score (nSPS) is 26.9. The van der Waals surface area contributed by atoms with Crippen LogP contribution in [0, 0.1) is 11.3 Å². The first kappa shape index (κ1) is 17.3. The zero-order valence-electron chi connectivity index (χ0n) is 12.8. The Kier molecular flexibility index (Phi) is 5.84. The van der Waals surface area contributed by atoms with Crippen LogP contribution in [0.4, 0.5) is 5.69 Å². The minimum Gasteiger partial charge on any atom is -0.396 e. The Bertz CT molecular complexity index is 506. The Balaban J connectivity index is 0.00000176. The van der Waals surface area contributed by atoms with Gasteiger partial charge in [0.05, 0.1) is 5.41 Å². The average Bonchev–Trinajstić information content (AvgIpc) is 2.95. The second kappa shape index (κ2) is 7.44. The van der Waals surface area contributed by atoms with Gasteiger partial charge in [-0.25, -0.2) is 0 Å². The second-order valence-corrected chi connectivity index (χ2v) is 6.35. The number of hydrogen-bond donors (Lipinski definition) is 3. The number of fused-ring (bicyclic) bond motifs is 1. The van der Waals surface area contributed by atoms with Crippen molar-refractivity contribution in [1.29, 1.82) is 0 Å². The second-order valence-electron chi connectivity index (χ2n) is 6.35. The number of nitrogens with one attached hydrogen (secondary N) is 2. The summed E-state index contributed by atoms with van der Waals surface area (Å²) in [6.07, 6.45) is 5.22. The van der Waals surface area contributed by atoms with E-state index in [1.807, 2.05) is 24.3 Å². The lowest BCUT2D eigenvalue weighted by atomic mass is 9.67. The van der Waals surface area contributed by atoms with E-state index in [2.05, 4.69) is 10.6 Å². The van der Waals surface area contributed by atoms with Crippen molar-refractivity contribution in [2.24, 2.45) is 11.3 Å². The Morgan fingerprint density at radius 3 is 2.82 bits per heavy atom. The summed E-state index contributed by atoms with van der Waals surface area (Å²) in [6.45, 7) is 1.94. The van der Waals surface area contributed by atoms with E-state index in [1.54, 1.807) is 0 Å². The van der Waals surface area contributed by atoms with Gasteiger partial charge in [0.25, 0.3) is 0 Å². The van der Waals surface area contributed by atoms with Gasteiger partial charge in [0.15, 0.2) is 0 Å². The van der Waals surface area contributed by atoms with Crippen LogP contribution in [0.25, 0.3) is 0 Å². The van der Waals surface area contributed by atoms with Crippen LogP contribution in [0.2, 0.25) is 0 Å². The molecule has 1 aliphatic carbocycles. The molecule has 0 aromatic heterocycles. The average molecular weight is 325 g/mol. The van der Waals surface area contributed by atoms with Gasteiger partial charge in [-0.05, 0) is 49.4 Å². The molecule has 1 aromatic carbocycles. The molecule has 0 spiro atoms. The van der Waals surface area contributed by atoms with Crippen LogP contribution in [-0.4, -0.2) is 30.7 Å². The molecule has 2 aliphatic rings. The highest BCUT2D eigenvalue weighted by Crippen LogP contribution is 2.44. The third-order valence-electron chi connectivity index (χ3n) is 5.10. The van der Waals surface area contributed by atoms with Crippen molar-refractivity contribution >= 4 is 24.0 Å². The molecule has 0 radical (unpaired) electrons. The lowest BCUT2D eigenvalue weighted by Crippen LogP contribution is -2.44. The highest BCUT2D eigenvalue weighted by Gasteiger charge is 2.49. The van der Waals surface area contributed by atoms with Crippen LogP contribution in [0.1, 0.15) is 31.2 Å². The van der Waals surface area contributed by atoms with Crippen molar-refractivity contribution in [1.82, 2.24) is 5.32 Å². The Morgan fingerprint density at radius 2 is 2.09 bits per heavy atom. The van der Waals surface area contributed by atoms with Crippen molar-refractivity contribution in [2.75, 3.05) is 25.0 Å². The highest BCUT2D eigenvalue weighted by atomic mass is 35.5. The zero-order valence-corrected chi connectivity index (χ0v) is 13.6. The number of aliphatic hydroxyl groups excluding tert-OH is 1. The van der Waals surface area contributed by atoms with Gasteiger partial charge < -0.3 is 15.7 Å². The Labute approximate surface area is 138 Å². The van der Waals surface area contributed by atoms with Crippen molar-refractivity contribution < 1.29 is 9.90 Å². The topological polar surface area (TPSA) is 61.4 Å². The van der Waals surface area contributed by atoms with E-state index in [1.165, 1.54) is 6.42 Å². The molecule has 0 bridgehead atoms. The molecular formula is C17H25ClN2O2. The van der Waals surface area contributed by atoms with Crippen molar-refractivity contribution in [3.8, 4) is 0 Å². The predicted octanol–water partition coefficient (Wildman–Crippen LogP) is 2.36. The van der Waals surface area contributed by atoms with E-state index in [0.29, 0.717) is 12.3 Å². The van der Waals surface area contributed by atoms with E-state index < -0.39 is 0 Å². The Morgan fingerprint density at radius 1 is 1.32 bits per heavy atom. The minimum absolute atomic E-state index is 0. The van der Waals surface area contributed by atoms with Crippen LogP contribution >= 0.6 is 12.4 Å². The maximum Gasteiger partial charge on any atom is 0.232 e. The molecule has 1 saturated carbocycles. The van der Waals surface area contributed by atoms with Gasteiger partial charge in [0.2, 0.25) is 5.91 Å². The molecule has 22 heavy (non-hydrogen) atoms. The summed E-state index contributed by atoms with van der Waals surface area (Å²) in [5.41, 5.74) is 1.74. The fourth-order valence-electron chi connectivity index (χ4n) is 3.83. The fraction of sp³-hybridized carbons (Fsp3) is 0.588. The SMILES string of the molecule is Cl.O=C(Nc1ccc(CCO)cc1)[C@@]12CCCC[C@H]1CNC2. The molecule has 1 amide bonds. The zero-order chi connectivity index (χ0) is 14.7. The van der Waals surface area contributed by atoms with Gasteiger partial charge >= 0.3 is 0 Å². The van der Waals surface area contributed by atoms with Gasteiger partial charge in [-0.15, -0.1) is 12.4 Å². The van der Waals surface area contributed by atoms with E-state index >= 15 is 0 Å². The molecule has 3 N–H and O–H groups in total. The molecule has 1 aliphatic heterocycles. The molecule has 0 unspecified atom stereocenters. The first-order valence-corrected chi connectivity index (χ1v) is 7.96. The first-order chi connectivity index (χ1) is 10.2. The van der Waals surface area contributed by atoms with Gasteiger partial charge in [0, 0.05) is 18.8 Å². The quantitative estimate of drug-likeness (QED) is 0.797. The molecule has 1 saturated heterocycles. The lowest BCUT2D eigenvalue weighted by Gasteiger charge is -2.37. The number of amides is 1. The molecule has 2 fully saturated rings. The number of anilines is 1. The number of hydrogen-bond acceptors (Lipinski definition) is 3. The lowest BCUT2D eigenvalue weighted by molar-refractivity contribution is -0.128. The monoisotopic (exact) mass is 324 g/mol. The van der Waals surface area contributed by atoms with Crippen LogP contribution in [0.15, 0.2) is 24.3 Å². The summed E-state index contributed by atoms with van der Waals surface area (Å²) in [4.78, 5) is 12.8. The van der Waals surface area contributed by atoms with Gasteiger partial charge in [-0.1, -0.05) is 25.0 Å². The van der Waals surface area contributed by atoms with Crippen molar-refractivity contribution in [3.05, 3.63) is 29.8 Å². The molecule has 4 nitrogen and oxygen atoms in total. The predicted molar refractivity (Wildman–Crippen MR) is 90.4 cm³/mol. The molecule has 1 aromatic rings. The molecular weight excluding hydrogens is 300 g/mol. The number of benzene rings is 1. The molecule has 5 heteroatoms. The summed E-state index contributed by atoms with van der Waals surface area (Å²) in [6, 6.07) is 7.79. The van der Waals surface area contributed by atoms with Crippen LogP contribution in [0.5, 0.6) is 0 Å². The highest BCUT2D eigenvalue weighted by molar-refractivity contribution is 5.96. The number of carbonyl (C=O) groups excluding carboxylic acids is 1. The summed E-state index contributed by atoms with van der Waals surface area (Å²) in [5, 5.41) is 15.4. The van der Waals surface area contributed by atoms with Gasteiger partial charge in [-0.2, -0.15) is 0 Å². The third-order valence-corrected chi connectivity index (χ3v) is 5.10. The van der Waals surface area contributed by atoms with Crippen LogP contribution < -0.4 is 10.6 Å². The van der Waals surface area contributed by atoms with Gasteiger partial charge in [0.1, 0.15) is 0 Å². The smallest absolute Gasteiger partial charge is 0.232 e. The van der Waals surface area contributed by atoms with E-state index in [9.17, 15) is 4.79 Å².